The van der Waals surface area contributed by atoms with Gasteiger partial charge in [-0.3, -0.25) is 0 Å². The van der Waals surface area contributed by atoms with Crippen molar-refractivity contribution >= 4 is 22.4 Å². The van der Waals surface area contributed by atoms with Crippen LogP contribution < -0.4 is 0 Å². The van der Waals surface area contributed by atoms with Gasteiger partial charge in [0.25, 0.3) is 0 Å². The van der Waals surface area contributed by atoms with Crippen LogP contribution in [0, 0.1) is 0 Å². The smallest absolute Gasteiger partial charge is 0.223 e. The van der Waals surface area contributed by atoms with E-state index in [0.29, 0.717) is 0 Å². The number of fused-ring (bicyclic) bond motifs is 3. The van der Waals surface area contributed by atoms with Gasteiger partial charge in [0, 0.05) is 5.56 Å². The molecule has 3 nitrogen and oxygen atoms in total. The summed E-state index contributed by atoms with van der Waals surface area (Å²) in [5.74, 6) is 0.241. The van der Waals surface area contributed by atoms with Crippen molar-refractivity contribution in [3.05, 3.63) is 77.2 Å². The quantitative estimate of drug-likeness (QED) is 0.849. The van der Waals surface area contributed by atoms with Gasteiger partial charge in [0.1, 0.15) is 5.37 Å². The number of hydrazone groups is 1. The molecular formula is C17H14N2OS. The van der Waals surface area contributed by atoms with Gasteiger partial charge < -0.3 is 5.11 Å². The maximum atomic E-state index is 10.6. The van der Waals surface area contributed by atoms with Crippen LogP contribution in [0.25, 0.3) is 4.91 Å². The molecule has 0 bridgehead atoms. The van der Waals surface area contributed by atoms with E-state index < -0.39 is 0 Å². The zero-order chi connectivity index (χ0) is 14.4. The SMILES string of the molecule is CC1=NN2C(O)=C(c3ccccc3)S[C@H]2c2ccccc21. The second kappa shape index (κ2) is 4.67. The van der Waals surface area contributed by atoms with Crippen LogP contribution in [-0.4, -0.2) is 15.8 Å². The first kappa shape index (κ1) is 12.5. The maximum Gasteiger partial charge on any atom is 0.223 e. The van der Waals surface area contributed by atoms with E-state index in [1.54, 1.807) is 16.8 Å². The summed E-state index contributed by atoms with van der Waals surface area (Å²) < 4.78 is 0. The number of aliphatic hydroxyl groups excluding tert-OH is 1. The minimum absolute atomic E-state index is 0.0140. The highest BCUT2D eigenvalue weighted by atomic mass is 32.2. The number of rotatable bonds is 1. The lowest BCUT2D eigenvalue weighted by Gasteiger charge is -2.28. The highest BCUT2D eigenvalue weighted by Crippen LogP contribution is 2.53. The number of benzene rings is 2. The predicted octanol–water partition coefficient (Wildman–Crippen LogP) is 4.36. The molecule has 0 saturated carbocycles. The largest absolute Gasteiger partial charge is 0.493 e. The Bertz CT molecular complexity index is 767. The fourth-order valence-corrected chi connectivity index (χ4v) is 4.04. The highest BCUT2D eigenvalue weighted by Gasteiger charge is 2.38. The summed E-state index contributed by atoms with van der Waals surface area (Å²) >= 11 is 1.65. The maximum absolute atomic E-state index is 10.6. The zero-order valence-corrected chi connectivity index (χ0v) is 12.3. The van der Waals surface area contributed by atoms with E-state index in [1.165, 1.54) is 5.56 Å². The van der Waals surface area contributed by atoms with Gasteiger partial charge in [-0.2, -0.15) is 5.10 Å². The lowest BCUT2D eigenvalue weighted by molar-refractivity contribution is 0.203. The average molecular weight is 294 g/mol. The Kier molecular flexibility index (Phi) is 2.79. The molecule has 0 spiro atoms. The third-order valence-electron chi connectivity index (χ3n) is 3.78. The van der Waals surface area contributed by atoms with E-state index >= 15 is 0 Å². The van der Waals surface area contributed by atoms with Crippen LogP contribution in [0.15, 0.2) is 65.6 Å². The van der Waals surface area contributed by atoms with Crippen LogP contribution in [0.1, 0.15) is 29.0 Å². The second-order valence-electron chi connectivity index (χ2n) is 5.11. The topological polar surface area (TPSA) is 35.8 Å². The molecular weight excluding hydrogens is 280 g/mol. The molecule has 0 amide bonds. The molecule has 0 radical (unpaired) electrons. The average Bonchev–Trinajstić information content (AvgIpc) is 2.86. The molecule has 0 fully saturated rings. The van der Waals surface area contributed by atoms with E-state index in [4.69, 9.17) is 0 Å². The van der Waals surface area contributed by atoms with Crippen LogP contribution in [0.4, 0.5) is 0 Å². The van der Waals surface area contributed by atoms with Crippen molar-refractivity contribution < 1.29 is 5.11 Å². The Morgan fingerprint density at radius 1 is 1.05 bits per heavy atom. The lowest BCUT2D eigenvalue weighted by atomic mass is 10.0. The Morgan fingerprint density at radius 2 is 1.76 bits per heavy atom. The summed E-state index contributed by atoms with van der Waals surface area (Å²) in [5, 5.41) is 16.9. The molecule has 1 atom stereocenters. The fraction of sp³-hybridized carbons (Fsp3) is 0.118. The Labute approximate surface area is 127 Å². The number of nitrogens with zero attached hydrogens (tertiary/aromatic N) is 2. The molecule has 2 aliphatic heterocycles. The minimum Gasteiger partial charge on any atom is -0.493 e. The standard InChI is InChI=1S/C17H14N2OS/c1-11-13-9-5-6-10-14(13)17-19(18-11)16(20)15(21-17)12-7-3-2-4-8-12/h2-10,17,20H,1H3/t17-/m0/s1. The van der Waals surface area contributed by atoms with Crippen molar-refractivity contribution in [1.82, 2.24) is 5.01 Å². The van der Waals surface area contributed by atoms with Gasteiger partial charge in [0.15, 0.2) is 0 Å². The molecule has 4 heteroatoms. The summed E-state index contributed by atoms with van der Waals surface area (Å²) in [6.45, 7) is 1.98. The predicted molar refractivity (Wildman–Crippen MR) is 86.8 cm³/mol. The number of thioether (sulfide) groups is 1. The van der Waals surface area contributed by atoms with Crippen molar-refractivity contribution in [1.29, 1.82) is 0 Å². The molecule has 2 aliphatic rings. The minimum atomic E-state index is 0.0140. The second-order valence-corrected chi connectivity index (χ2v) is 6.20. The molecule has 104 valence electrons. The summed E-state index contributed by atoms with van der Waals surface area (Å²) in [6, 6.07) is 18.2. The van der Waals surface area contributed by atoms with E-state index in [0.717, 1.165) is 21.7 Å². The molecule has 21 heavy (non-hydrogen) atoms. The molecule has 0 aromatic heterocycles. The molecule has 2 aromatic carbocycles. The number of aliphatic hydroxyl groups is 1. The molecule has 2 aromatic rings. The Morgan fingerprint density at radius 3 is 2.57 bits per heavy atom. The molecule has 2 heterocycles. The van der Waals surface area contributed by atoms with Crippen molar-refractivity contribution in [2.75, 3.05) is 0 Å². The normalized spacial score (nSPS) is 20.1. The highest BCUT2D eigenvalue weighted by molar-refractivity contribution is 8.08. The van der Waals surface area contributed by atoms with E-state index in [9.17, 15) is 5.11 Å². The summed E-state index contributed by atoms with van der Waals surface area (Å²) in [4.78, 5) is 0.883. The first-order valence-electron chi connectivity index (χ1n) is 6.85. The zero-order valence-electron chi connectivity index (χ0n) is 11.5. The first-order valence-corrected chi connectivity index (χ1v) is 7.73. The van der Waals surface area contributed by atoms with Crippen molar-refractivity contribution in [2.24, 2.45) is 5.10 Å². The van der Waals surface area contributed by atoms with E-state index in [2.05, 4.69) is 17.2 Å². The van der Waals surface area contributed by atoms with Crippen LogP contribution >= 0.6 is 11.8 Å². The van der Waals surface area contributed by atoms with Gasteiger partial charge >= 0.3 is 0 Å². The molecule has 0 unspecified atom stereocenters. The summed E-state index contributed by atoms with van der Waals surface area (Å²) in [7, 11) is 0. The van der Waals surface area contributed by atoms with Crippen LogP contribution in [0.5, 0.6) is 0 Å². The van der Waals surface area contributed by atoms with E-state index in [1.807, 2.05) is 49.4 Å². The van der Waals surface area contributed by atoms with Crippen molar-refractivity contribution in [3.8, 4) is 0 Å². The summed E-state index contributed by atoms with van der Waals surface area (Å²) in [5.41, 5.74) is 4.32. The van der Waals surface area contributed by atoms with Crippen LogP contribution in [0.2, 0.25) is 0 Å². The van der Waals surface area contributed by atoms with Crippen LogP contribution in [-0.2, 0) is 0 Å². The third kappa shape index (κ3) is 1.87. The van der Waals surface area contributed by atoms with Gasteiger partial charge in [0.2, 0.25) is 5.88 Å². The lowest BCUT2D eigenvalue weighted by Crippen LogP contribution is -2.24. The first-order chi connectivity index (χ1) is 10.3. The Hall–Kier alpha value is -2.20. The fourth-order valence-electron chi connectivity index (χ4n) is 2.77. The number of hydrogen-bond acceptors (Lipinski definition) is 4. The molecule has 0 aliphatic carbocycles. The van der Waals surface area contributed by atoms with Gasteiger partial charge in [-0.15, -0.1) is 0 Å². The molecule has 0 saturated heterocycles. The summed E-state index contributed by atoms with van der Waals surface area (Å²) in [6.07, 6.45) is 0. The third-order valence-corrected chi connectivity index (χ3v) is 5.11. The van der Waals surface area contributed by atoms with Gasteiger partial charge in [-0.05, 0) is 18.1 Å². The van der Waals surface area contributed by atoms with Crippen molar-refractivity contribution in [2.45, 2.75) is 12.3 Å². The number of hydrogen-bond donors (Lipinski definition) is 1. The van der Waals surface area contributed by atoms with E-state index in [-0.39, 0.29) is 11.3 Å². The van der Waals surface area contributed by atoms with Gasteiger partial charge in [0.05, 0.1) is 10.6 Å². The molecule has 4 rings (SSSR count). The van der Waals surface area contributed by atoms with Crippen molar-refractivity contribution in [3.63, 3.8) is 0 Å². The molecule has 1 N–H and O–H groups in total. The Balaban J connectivity index is 1.82. The van der Waals surface area contributed by atoms with Gasteiger partial charge in [-0.1, -0.05) is 66.4 Å². The van der Waals surface area contributed by atoms with Crippen LogP contribution in [0.3, 0.4) is 0 Å². The monoisotopic (exact) mass is 294 g/mol. The van der Waals surface area contributed by atoms with Gasteiger partial charge in [-0.25, -0.2) is 5.01 Å².